The highest BCUT2D eigenvalue weighted by molar-refractivity contribution is 7.89. The van der Waals surface area contributed by atoms with E-state index in [1.54, 1.807) is 60.7 Å². The Balaban J connectivity index is 1.40. The molecular formula is C40H45N3O9S. The molecule has 2 amide bonds. The van der Waals surface area contributed by atoms with E-state index in [1.807, 2.05) is 49.4 Å². The average Bonchev–Trinajstić information content (AvgIpc) is 3.17. The van der Waals surface area contributed by atoms with Gasteiger partial charge in [0.1, 0.15) is 31.9 Å². The first kappa shape index (κ1) is 40.2. The number of benzene rings is 4. The fourth-order valence-electron chi connectivity index (χ4n) is 5.08. The van der Waals surface area contributed by atoms with Gasteiger partial charge in [0.2, 0.25) is 15.9 Å². The Morgan fingerprint density at radius 3 is 1.70 bits per heavy atom. The van der Waals surface area contributed by atoms with Crippen LogP contribution in [0.1, 0.15) is 54.4 Å². The Hall–Kier alpha value is -5.53. The van der Waals surface area contributed by atoms with E-state index in [2.05, 4.69) is 15.4 Å². The van der Waals surface area contributed by atoms with Crippen molar-refractivity contribution in [2.45, 2.75) is 75.8 Å². The number of sulfonamides is 1. The average molecular weight is 744 g/mol. The van der Waals surface area contributed by atoms with E-state index >= 15 is 0 Å². The molecule has 13 heteroatoms. The maximum atomic E-state index is 13.7. The minimum atomic E-state index is -3.74. The number of esters is 2. The molecule has 3 N–H and O–H groups in total. The van der Waals surface area contributed by atoms with E-state index < -0.39 is 46.0 Å². The molecule has 0 saturated heterocycles. The van der Waals surface area contributed by atoms with Crippen molar-refractivity contribution >= 4 is 34.0 Å². The Morgan fingerprint density at radius 1 is 0.604 bits per heavy atom. The second-order valence-electron chi connectivity index (χ2n) is 12.3. The van der Waals surface area contributed by atoms with Crippen LogP contribution in [0.25, 0.3) is 0 Å². The van der Waals surface area contributed by atoms with Crippen molar-refractivity contribution in [1.82, 2.24) is 15.4 Å². The number of hydrogen-bond donors (Lipinski definition) is 3. The second kappa shape index (κ2) is 21.1. The molecule has 0 aliphatic rings. The maximum Gasteiger partial charge on any atom is 0.408 e. The van der Waals surface area contributed by atoms with Gasteiger partial charge >= 0.3 is 18.0 Å². The van der Waals surface area contributed by atoms with Crippen LogP contribution in [-0.2, 0) is 58.4 Å². The number of alkyl carbamates (subject to hydrolysis) is 1. The van der Waals surface area contributed by atoms with Crippen molar-refractivity contribution in [3.05, 3.63) is 138 Å². The summed E-state index contributed by atoms with van der Waals surface area (Å²) in [5.74, 6) is -2.05. The number of rotatable bonds is 20. The van der Waals surface area contributed by atoms with Gasteiger partial charge in [0.25, 0.3) is 0 Å². The van der Waals surface area contributed by atoms with E-state index in [1.165, 1.54) is 12.1 Å². The third-order valence-electron chi connectivity index (χ3n) is 8.07. The lowest BCUT2D eigenvalue weighted by atomic mass is 10.1. The number of hydrogen-bond acceptors (Lipinski definition) is 9. The number of carbonyl (C=O) groups excluding carboxylic acids is 4. The summed E-state index contributed by atoms with van der Waals surface area (Å²) in [4.78, 5) is 52.7. The van der Waals surface area contributed by atoms with Crippen LogP contribution in [0.5, 0.6) is 0 Å². The van der Waals surface area contributed by atoms with E-state index in [4.69, 9.17) is 14.2 Å². The molecule has 0 fully saturated rings. The fraction of sp³-hybridized carbons (Fsp3) is 0.300. The maximum absolute atomic E-state index is 13.7. The number of nitrogens with one attached hydrogen (secondary N) is 3. The van der Waals surface area contributed by atoms with Crippen LogP contribution in [0.15, 0.2) is 120 Å². The third kappa shape index (κ3) is 14.6. The highest BCUT2D eigenvalue weighted by Crippen LogP contribution is 2.12. The zero-order chi connectivity index (χ0) is 37.9. The van der Waals surface area contributed by atoms with Crippen LogP contribution in [0, 0.1) is 6.92 Å². The number of ether oxygens (including phenoxy) is 3. The summed E-state index contributed by atoms with van der Waals surface area (Å²) < 4.78 is 44.2. The zero-order valence-electron chi connectivity index (χ0n) is 29.6. The molecule has 4 rings (SSSR count). The lowest BCUT2D eigenvalue weighted by molar-refractivity contribution is -0.150. The van der Waals surface area contributed by atoms with Gasteiger partial charge in [-0.1, -0.05) is 109 Å². The van der Waals surface area contributed by atoms with Gasteiger partial charge in [-0.05, 0) is 61.4 Å². The second-order valence-corrected chi connectivity index (χ2v) is 14.1. The van der Waals surface area contributed by atoms with E-state index in [9.17, 15) is 27.6 Å². The van der Waals surface area contributed by atoms with Crippen LogP contribution in [0.4, 0.5) is 4.79 Å². The predicted molar refractivity (Wildman–Crippen MR) is 197 cm³/mol. The first-order valence-electron chi connectivity index (χ1n) is 17.3. The van der Waals surface area contributed by atoms with Crippen LogP contribution in [-0.4, -0.2) is 51.0 Å². The first-order chi connectivity index (χ1) is 25.6. The van der Waals surface area contributed by atoms with Crippen LogP contribution in [0.3, 0.4) is 0 Å². The molecule has 0 bridgehead atoms. The molecule has 0 aromatic heterocycles. The van der Waals surface area contributed by atoms with Crippen molar-refractivity contribution in [3.63, 3.8) is 0 Å². The monoisotopic (exact) mass is 743 g/mol. The molecule has 0 aliphatic carbocycles. The Labute approximate surface area is 310 Å². The van der Waals surface area contributed by atoms with E-state index in [0.29, 0.717) is 12.8 Å². The number of aryl methyl sites for hydroxylation is 1. The molecular weight excluding hydrogens is 699 g/mol. The van der Waals surface area contributed by atoms with Crippen LogP contribution in [0.2, 0.25) is 0 Å². The van der Waals surface area contributed by atoms with Gasteiger partial charge in [0.15, 0.2) is 0 Å². The van der Waals surface area contributed by atoms with Crippen molar-refractivity contribution in [1.29, 1.82) is 0 Å². The van der Waals surface area contributed by atoms with Crippen molar-refractivity contribution < 1.29 is 41.8 Å². The van der Waals surface area contributed by atoms with Gasteiger partial charge in [-0.3, -0.25) is 9.59 Å². The molecule has 0 radical (unpaired) electrons. The van der Waals surface area contributed by atoms with Crippen LogP contribution < -0.4 is 15.4 Å². The first-order valence-corrected chi connectivity index (χ1v) is 18.8. The Kier molecular flexibility index (Phi) is 16.0. The highest BCUT2D eigenvalue weighted by Gasteiger charge is 2.29. The number of carbonyl (C=O) groups is 4. The minimum absolute atomic E-state index is 0.0403. The SMILES string of the molecule is Cc1ccc(S(=O)(=O)NCCCC[C@H](NC(=O)OCc2ccccc2)C(=O)N[C@@H](CCC(=O)OCc2ccccc2)C(=O)OCc2ccccc2)cc1. The summed E-state index contributed by atoms with van der Waals surface area (Å²) in [6.45, 7) is 1.90. The minimum Gasteiger partial charge on any atom is -0.461 e. The molecule has 0 saturated carbocycles. The summed E-state index contributed by atoms with van der Waals surface area (Å²) >= 11 is 0. The van der Waals surface area contributed by atoms with Gasteiger partial charge in [0, 0.05) is 13.0 Å². The summed E-state index contributed by atoms with van der Waals surface area (Å²) in [5.41, 5.74) is 3.19. The number of amides is 2. The predicted octanol–water partition coefficient (Wildman–Crippen LogP) is 5.49. The van der Waals surface area contributed by atoms with E-state index in [0.717, 1.165) is 22.3 Å². The summed E-state index contributed by atoms with van der Waals surface area (Å²) in [6, 6.07) is 31.1. The summed E-state index contributed by atoms with van der Waals surface area (Å²) in [5, 5.41) is 5.22. The molecule has 0 heterocycles. The molecule has 2 atom stereocenters. The Bertz CT molecular complexity index is 1860. The van der Waals surface area contributed by atoms with Gasteiger partial charge in [-0.25, -0.2) is 22.7 Å². The van der Waals surface area contributed by atoms with Gasteiger partial charge in [-0.2, -0.15) is 0 Å². The fourth-order valence-corrected chi connectivity index (χ4v) is 6.15. The molecule has 4 aromatic carbocycles. The normalized spacial score (nSPS) is 12.2. The third-order valence-corrected chi connectivity index (χ3v) is 9.55. The van der Waals surface area contributed by atoms with Gasteiger partial charge in [0.05, 0.1) is 4.90 Å². The van der Waals surface area contributed by atoms with Crippen molar-refractivity contribution in [3.8, 4) is 0 Å². The zero-order valence-corrected chi connectivity index (χ0v) is 30.4. The quantitative estimate of drug-likeness (QED) is 0.0603. The smallest absolute Gasteiger partial charge is 0.408 e. The molecule has 53 heavy (non-hydrogen) atoms. The molecule has 0 spiro atoms. The summed E-state index contributed by atoms with van der Waals surface area (Å²) in [7, 11) is -3.74. The molecule has 12 nitrogen and oxygen atoms in total. The molecule has 0 unspecified atom stereocenters. The molecule has 4 aromatic rings. The van der Waals surface area contributed by atoms with Crippen molar-refractivity contribution in [2.24, 2.45) is 0 Å². The number of unbranched alkanes of at least 4 members (excludes halogenated alkanes) is 1. The largest absolute Gasteiger partial charge is 0.461 e. The van der Waals surface area contributed by atoms with Gasteiger partial charge in [-0.15, -0.1) is 0 Å². The highest BCUT2D eigenvalue weighted by atomic mass is 32.2. The van der Waals surface area contributed by atoms with Gasteiger partial charge < -0.3 is 24.8 Å². The standard InChI is InChI=1S/C40H45N3O9S/c1-30-20-22-34(23-21-30)53(48,49)41-26-12-11-19-35(43-40(47)52-29-33-17-9-4-10-18-33)38(45)42-36(39(46)51-28-32-15-7-3-8-16-32)24-25-37(44)50-27-31-13-5-2-6-14-31/h2-10,13-18,20-23,35-36,41H,11-12,19,24-29H2,1H3,(H,42,45)(H,43,47)/t35-,36-/m0/s1. The topological polar surface area (TPSA) is 166 Å². The molecule has 280 valence electrons. The van der Waals surface area contributed by atoms with Crippen LogP contribution >= 0.6 is 0 Å². The van der Waals surface area contributed by atoms with Crippen molar-refractivity contribution in [2.75, 3.05) is 6.54 Å². The Morgan fingerprint density at radius 2 is 1.13 bits per heavy atom. The van der Waals surface area contributed by atoms with E-state index in [-0.39, 0.29) is 50.5 Å². The lowest BCUT2D eigenvalue weighted by Gasteiger charge is -2.22. The lowest BCUT2D eigenvalue weighted by Crippen LogP contribution is -2.52. The molecule has 0 aliphatic heterocycles. The summed E-state index contributed by atoms with van der Waals surface area (Å²) in [6.07, 6.45) is -0.436.